The average molecular weight is 670 g/mol. The Bertz CT molecular complexity index is 1180. The van der Waals surface area contributed by atoms with Crippen molar-refractivity contribution in [3.05, 3.63) is 59.5 Å². The number of hydrogen-bond donors (Lipinski definition) is 2. The van der Waals surface area contributed by atoms with Crippen LogP contribution >= 0.6 is 9.24 Å². The predicted molar refractivity (Wildman–Crippen MR) is 204 cm³/mol. The molecule has 0 aromatic heterocycles. The Labute approximate surface area is 289 Å². The maximum absolute atomic E-state index is 13.1. The van der Waals surface area contributed by atoms with E-state index in [0.717, 1.165) is 43.3 Å². The van der Waals surface area contributed by atoms with E-state index in [1.54, 1.807) is 20.0 Å². The van der Waals surface area contributed by atoms with Gasteiger partial charge in [0.1, 0.15) is 5.66 Å². The molecule has 47 heavy (non-hydrogen) atoms. The van der Waals surface area contributed by atoms with Gasteiger partial charge in [-0.2, -0.15) is 0 Å². The molecule has 1 rings (SSSR count). The van der Waals surface area contributed by atoms with Gasteiger partial charge in [-0.25, -0.2) is 0 Å². The number of carboxylic acids is 1. The second-order valence-corrected chi connectivity index (χ2v) is 13.7. The highest BCUT2D eigenvalue weighted by Crippen LogP contribution is 2.36. The molecule has 1 heterocycles. The number of carbonyl (C=O) groups excluding carboxylic acids is 2. The molecule has 1 aliphatic heterocycles. The van der Waals surface area contributed by atoms with Crippen LogP contribution in [0.25, 0.3) is 0 Å². The van der Waals surface area contributed by atoms with Gasteiger partial charge in [0.05, 0.1) is 12.3 Å². The van der Waals surface area contributed by atoms with E-state index < -0.39 is 11.6 Å². The number of aliphatic imine (C=N–C) groups is 1. The molecule has 0 bridgehead atoms. The highest BCUT2D eigenvalue weighted by atomic mass is 31.0. The molecule has 2 N–H and O–H groups in total. The number of carbonyl (C=O) groups is 3. The molecule has 0 spiro atoms. The van der Waals surface area contributed by atoms with Crippen LogP contribution in [0.3, 0.4) is 0 Å². The minimum Gasteiger partial charge on any atom is -0.481 e. The fourth-order valence-corrected chi connectivity index (χ4v) is 5.04. The van der Waals surface area contributed by atoms with E-state index in [1.807, 2.05) is 48.9 Å². The lowest BCUT2D eigenvalue weighted by molar-refractivity contribution is -0.136. The number of allylic oxidation sites excluding steroid dienone is 6. The molecule has 0 radical (unpaired) electrons. The van der Waals surface area contributed by atoms with Crippen molar-refractivity contribution in [3.8, 4) is 12.3 Å². The van der Waals surface area contributed by atoms with Crippen LogP contribution in [0.4, 0.5) is 0 Å². The average Bonchev–Trinajstić information content (AvgIpc) is 3.30. The first-order valence-corrected chi connectivity index (χ1v) is 17.5. The summed E-state index contributed by atoms with van der Waals surface area (Å²) in [5.41, 5.74) is 2.24. The van der Waals surface area contributed by atoms with Crippen molar-refractivity contribution in [2.45, 2.75) is 132 Å². The highest BCUT2D eigenvalue weighted by molar-refractivity contribution is 7.20. The lowest BCUT2D eigenvalue weighted by Gasteiger charge is -2.41. The van der Waals surface area contributed by atoms with Crippen molar-refractivity contribution >= 4 is 33.2 Å². The number of nitrogens with one attached hydrogen (secondary N) is 1. The number of nitrogens with zero attached hydrogens (tertiary/aromatic N) is 2. The molecule has 0 aromatic carbocycles. The first kappa shape index (κ1) is 45.9. The second kappa shape index (κ2) is 24.9. The van der Waals surface area contributed by atoms with Crippen LogP contribution in [0, 0.1) is 23.7 Å². The number of carboxylic acid groups (broad SMARTS) is 1. The molecule has 7 nitrogen and oxygen atoms in total. The minimum atomic E-state index is -0.745. The van der Waals surface area contributed by atoms with Gasteiger partial charge in [-0.15, -0.1) is 21.6 Å². The molecule has 2 amide bonds. The first-order chi connectivity index (χ1) is 22.0. The van der Waals surface area contributed by atoms with Gasteiger partial charge in [0, 0.05) is 25.5 Å². The summed E-state index contributed by atoms with van der Waals surface area (Å²) in [6.45, 7) is 22.5. The van der Waals surface area contributed by atoms with Gasteiger partial charge < -0.3 is 15.3 Å². The second-order valence-electron chi connectivity index (χ2n) is 13.3. The highest BCUT2D eigenvalue weighted by Gasteiger charge is 2.43. The summed E-state index contributed by atoms with van der Waals surface area (Å²) in [5.74, 6) is 4.16. The summed E-state index contributed by atoms with van der Waals surface area (Å²) in [6.07, 6.45) is 24.3. The summed E-state index contributed by atoms with van der Waals surface area (Å²) >= 11 is 0. The third kappa shape index (κ3) is 20.6. The van der Waals surface area contributed by atoms with Crippen LogP contribution in [-0.4, -0.2) is 52.8 Å². The van der Waals surface area contributed by atoms with Crippen molar-refractivity contribution < 1.29 is 19.5 Å². The van der Waals surface area contributed by atoms with Crippen molar-refractivity contribution in [2.75, 3.05) is 7.05 Å². The van der Waals surface area contributed by atoms with E-state index >= 15 is 0 Å². The number of terminal acetylenes is 1. The van der Waals surface area contributed by atoms with Crippen molar-refractivity contribution in [3.63, 3.8) is 0 Å². The fourth-order valence-electron chi connectivity index (χ4n) is 4.91. The van der Waals surface area contributed by atoms with E-state index in [4.69, 9.17) is 16.5 Å². The zero-order valence-electron chi connectivity index (χ0n) is 31.0. The summed E-state index contributed by atoms with van der Waals surface area (Å²) in [7, 11) is 4.10. The van der Waals surface area contributed by atoms with E-state index in [2.05, 4.69) is 68.6 Å². The molecule has 4 atom stereocenters. The van der Waals surface area contributed by atoms with Gasteiger partial charge in [0.25, 0.3) is 5.91 Å². The van der Waals surface area contributed by atoms with Gasteiger partial charge in [-0.3, -0.25) is 19.4 Å². The molecule has 1 aliphatic rings. The summed E-state index contributed by atoms with van der Waals surface area (Å²) < 4.78 is 0. The molecule has 0 aromatic rings. The molecular formula is C39H64N3O4P. The normalized spacial score (nSPS) is 17.8. The Morgan fingerprint density at radius 2 is 1.79 bits per heavy atom. The quantitative estimate of drug-likeness (QED) is 0.0742. The number of hydrogen-bond acceptors (Lipinski definition) is 4. The summed E-state index contributed by atoms with van der Waals surface area (Å²) in [4.78, 5) is 41.4. The Balaban J connectivity index is 0. The van der Waals surface area contributed by atoms with E-state index in [-0.39, 0.29) is 36.1 Å². The topological polar surface area (TPSA) is 99.1 Å². The van der Waals surface area contributed by atoms with Gasteiger partial charge >= 0.3 is 5.97 Å². The van der Waals surface area contributed by atoms with Crippen LogP contribution < -0.4 is 5.32 Å². The summed E-state index contributed by atoms with van der Waals surface area (Å²) in [5, 5.41) is 10.4. The standard InChI is InChI=1S/C29H47N3O2.C7H11P.C3H6O2/c1-10-13-23(12-3)17-20-29(8)31-21-26(33)32(29)25(18-19-28(5,6)7)22(4)15-16-24(14-11-2)27(34)30-9;1-7(2)5-3-4-6-8;1-2-3(4)5/h2,15-16,21,23,25H,10,12-14,17-20H2,1,3-9H3,(H,30,34);3-6H,1,8H2,2H3;2H2,1H3,(H,4,5)/b22-15+,24-16+;5-3-,6-4+;. The Morgan fingerprint density at radius 1 is 1.17 bits per heavy atom. The first-order valence-electron chi connectivity index (χ1n) is 16.8. The fraction of sp³-hybridized carbons (Fsp3) is 0.590. The Kier molecular flexibility index (Phi) is 24.3. The van der Waals surface area contributed by atoms with E-state index in [1.165, 1.54) is 19.1 Å². The van der Waals surface area contributed by atoms with E-state index in [9.17, 15) is 14.4 Å². The lowest BCUT2D eigenvalue weighted by atomic mass is 9.85. The Hall–Kier alpha value is -3.23. The maximum Gasteiger partial charge on any atom is 0.303 e. The van der Waals surface area contributed by atoms with Gasteiger partial charge in [0.15, 0.2) is 0 Å². The molecule has 4 unspecified atom stereocenters. The van der Waals surface area contributed by atoms with Crippen molar-refractivity contribution in [2.24, 2.45) is 16.3 Å². The van der Waals surface area contributed by atoms with Gasteiger partial charge in [0.2, 0.25) is 5.91 Å². The van der Waals surface area contributed by atoms with Gasteiger partial charge in [-0.05, 0) is 57.8 Å². The predicted octanol–water partition coefficient (Wildman–Crippen LogP) is 9.05. The van der Waals surface area contributed by atoms with Crippen LogP contribution in [0.1, 0.15) is 120 Å². The molecule has 0 saturated heterocycles. The smallest absolute Gasteiger partial charge is 0.303 e. The summed E-state index contributed by atoms with van der Waals surface area (Å²) in [6, 6.07) is -0.0986. The molecule has 8 heteroatoms. The number of likely N-dealkylation sites (N-methyl/N-ethyl adjacent to an activating group) is 1. The molecule has 0 saturated carbocycles. The van der Waals surface area contributed by atoms with Crippen molar-refractivity contribution in [1.29, 1.82) is 0 Å². The Morgan fingerprint density at radius 3 is 2.23 bits per heavy atom. The lowest BCUT2D eigenvalue weighted by Crippen LogP contribution is -2.51. The van der Waals surface area contributed by atoms with Crippen LogP contribution in [0.15, 0.2) is 64.5 Å². The van der Waals surface area contributed by atoms with Gasteiger partial charge in [-0.1, -0.05) is 115 Å². The third-order valence-corrected chi connectivity index (χ3v) is 8.00. The monoisotopic (exact) mass is 669 g/mol. The van der Waals surface area contributed by atoms with Crippen LogP contribution in [0.2, 0.25) is 0 Å². The number of amides is 2. The maximum atomic E-state index is 13.1. The van der Waals surface area contributed by atoms with E-state index in [0.29, 0.717) is 11.5 Å². The number of rotatable bonds is 16. The van der Waals surface area contributed by atoms with Crippen LogP contribution in [0.5, 0.6) is 0 Å². The van der Waals surface area contributed by atoms with Crippen molar-refractivity contribution in [1.82, 2.24) is 10.2 Å². The largest absolute Gasteiger partial charge is 0.481 e. The zero-order valence-corrected chi connectivity index (χ0v) is 32.1. The minimum absolute atomic E-state index is 0.0307. The zero-order chi connectivity index (χ0) is 36.6. The molecular weight excluding hydrogens is 605 g/mol. The third-order valence-electron chi connectivity index (χ3n) is 7.78. The molecule has 264 valence electrons. The molecule has 0 fully saturated rings. The SMILES string of the molecule is C#CC/C(=C\C=C(/C)C(CCC(C)(C)C)N1C(=O)C=NC1(C)CCC(CC)CCC)C(=O)NC.C=C(C)/C=C\C=C\P.CCC(=O)O. The molecule has 0 aliphatic carbocycles. The number of aliphatic carboxylic acids is 1. The van der Waals surface area contributed by atoms with Crippen LogP contribution in [-0.2, 0) is 14.4 Å².